The molecule has 0 saturated carbocycles. The molecule has 0 radical (unpaired) electrons. The van der Waals surface area contributed by atoms with Crippen LogP contribution in [-0.4, -0.2) is 27.0 Å². The molecule has 0 unspecified atom stereocenters. The molecular weight excluding hydrogens is 401 g/mol. The van der Waals surface area contributed by atoms with Gasteiger partial charge in [-0.1, -0.05) is 36.4 Å². The van der Waals surface area contributed by atoms with E-state index in [1.807, 2.05) is 30.3 Å². The average molecular weight is 416 g/mol. The third-order valence-electron chi connectivity index (χ3n) is 4.27. The first-order valence-electron chi connectivity index (χ1n) is 8.76. The molecule has 148 valence electrons. The molecule has 1 N–H and O–H groups in total. The lowest BCUT2D eigenvalue weighted by Gasteiger charge is -2.10. The largest absolute Gasteiger partial charge is 0.433 e. The number of benzene rings is 1. The van der Waals surface area contributed by atoms with Crippen molar-refractivity contribution in [3.05, 3.63) is 76.9 Å². The summed E-state index contributed by atoms with van der Waals surface area (Å²) in [5, 5.41) is 8.30. The van der Waals surface area contributed by atoms with E-state index in [0.717, 1.165) is 11.6 Å². The molecule has 29 heavy (non-hydrogen) atoms. The zero-order chi connectivity index (χ0) is 20.4. The summed E-state index contributed by atoms with van der Waals surface area (Å²) >= 11 is 1.29. The van der Waals surface area contributed by atoms with Gasteiger partial charge in [-0.25, -0.2) is 9.50 Å². The van der Waals surface area contributed by atoms with Crippen LogP contribution >= 0.6 is 11.3 Å². The van der Waals surface area contributed by atoms with Gasteiger partial charge in [0.25, 0.3) is 5.91 Å². The average Bonchev–Trinajstić information content (AvgIpc) is 3.37. The first kappa shape index (κ1) is 19.1. The number of carbonyl (C=O) groups excluding carboxylic acids is 1. The molecule has 1 aromatic carbocycles. The first-order chi connectivity index (χ1) is 13.9. The van der Waals surface area contributed by atoms with Gasteiger partial charge in [0.1, 0.15) is 0 Å². The van der Waals surface area contributed by atoms with Gasteiger partial charge in [-0.15, -0.1) is 11.3 Å². The highest BCUT2D eigenvalue weighted by molar-refractivity contribution is 7.13. The molecule has 5 nitrogen and oxygen atoms in total. The van der Waals surface area contributed by atoms with E-state index < -0.39 is 17.8 Å². The lowest BCUT2D eigenvalue weighted by molar-refractivity contribution is -0.142. The molecule has 0 aliphatic heterocycles. The number of nitrogens with zero attached hydrogens (tertiary/aromatic N) is 3. The quantitative estimate of drug-likeness (QED) is 0.523. The Hall–Kier alpha value is -3.20. The minimum absolute atomic E-state index is 0.0311. The minimum Gasteiger partial charge on any atom is -0.350 e. The summed E-state index contributed by atoms with van der Waals surface area (Å²) in [6.45, 7) is 0.344. The van der Waals surface area contributed by atoms with E-state index >= 15 is 0 Å². The number of amides is 1. The van der Waals surface area contributed by atoms with Crippen LogP contribution in [0.25, 0.3) is 16.2 Å². The van der Waals surface area contributed by atoms with Crippen LogP contribution in [0, 0.1) is 0 Å². The van der Waals surface area contributed by atoms with Crippen molar-refractivity contribution in [3.63, 3.8) is 0 Å². The molecular formula is C20H15F3N4OS. The topological polar surface area (TPSA) is 59.3 Å². The Labute approximate surface area is 167 Å². The van der Waals surface area contributed by atoms with Crippen molar-refractivity contribution in [1.82, 2.24) is 19.9 Å². The van der Waals surface area contributed by atoms with Gasteiger partial charge in [0, 0.05) is 12.6 Å². The second-order valence-electron chi connectivity index (χ2n) is 6.29. The van der Waals surface area contributed by atoms with Crippen LogP contribution in [0.2, 0.25) is 0 Å². The van der Waals surface area contributed by atoms with Crippen LogP contribution in [0.1, 0.15) is 21.7 Å². The summed E-state index contributed by atoms with van der Waals surface area (Å²) < 4.78 is 41.3. The second kappa shape index (κ2) is 7.67. The maximum absolute atomic E-state index is 13.6. The molecule has 1 amide bonds. The molecule has 0 atom stereocenters. The summed E-state index contributed by atoms with van der Waals surface area (Å²) in [6, 6.07) is 15.2. The summed E-state index contributed by atoms with van der Waals surface area (Å²) in [5.41, 5.74) is 0.116. The Balaban J connectivity index is 1.61. The minimum atomic E-state index is -4.64. The number of carbonyl (C=O) groups is 1. The van der Waals surface area contributed by atoms with E-state index in [0.29, 0.717) is 22.4 Å². The maximum atomic E-state index is 13.6. The van der Waals surface area contributed by atoms with Crippen molar-refractivity contribution in [2.45, 2.75) is 12.6 Å². The summed E-state index contributed by atoms with van der Waals surface area (Å²) in [7, 11) is 0. The van der Waals surface area contributed by atoms with Crippen LogP contribution in [0.15, 0.2) is 60.0 Å². The number of rotatable bonds is 5. The molecule has 0 saturated heterocycles. The Morgan fingerprint density at radius 1 is 1.10 bits per heavy atom. The molecule has 0 fully saturated rings. The van der Waals surface area contributed by atoms with Crippen molar-refractivity contribution in [3.8, 4) is 10.6 Å². The van der Waals surface area contributed by atoms with Gasteiger partial charge < -0.3 is 5.32 Å². The fraction of sp³-hybridized carbons (Fsp3) is 0.150. The third-order valence-corrected chi connectivity index (χ3v) is 5.16. The summed E-state index contributed by atoms with van der Waals surface area (Å²) in [4.78, 5) is 17.2. The molecule has 0 aliphatic rings. The van der Waals surface area contributed by atoms with Crippen molar-refractivity contribution in [1.29, 1.82) is 0 Å². The molecule has 4 rings (SSSR count). The number of nitrogens with one attached hydrogen (secondary N) is 1. The number of hydrogen-bond donors (Lipinski definition) is 1. The van der Waals surface area contributed by atoms with Crippen LogP contribution < -0.4 is 5.32 Å². The SMILES string of the molecule is O=C(NCCc1ccccc1)c1cc2nc(-c3cccs3)cc(C(F)(F)F)n2n1. The highest BCUT2D eigenvalue weighted by atomic mass is 32.1. The van der Waals surface area contributed by atoms with Gasteiger partial charge in [-0.2, -0.15) is 18.3 Å². The van der Waals surface area contributed by atoms with E-state index in [1.54, 1.807) is 17.5 Å². The van der Waals surface area contributed by atoms with Crippen LogP contribution in [0.4, 0.5) is 13.2 Å². The van der Waals surface area contributed by atoms with Crippen molar-refractivity contribution < 1.29 is 18.0 Å². The standard InChI is InChI=1S/C20H15F3N4OS/c21-20(22,23)17-11-14(16-7-4-10-29-16)25-18-12-15(26-27(17)18)19(28)24-9-8-13-5-2-1-3-6-13/h1-7,10-12H,8-9H2,(H,24,28). The van der Waals surface area contributed by atoms with Crippen molar-refractivity contribution >= 4 is 22.9 Å². The predicted molar refractivity (Wildman–Crippen MR) is 104 cm³/mol. The third kappa shape index (κ3) is 4.14. The fourth-order valence-electron chi connectivity index (χ4n) is 2.89. The molecule has 0 spiro atoms. The van der Waals surface area contributed by atoms with Crippen LogP contribution in [0.3, 0.4) is 0 Å². The first-order valence-corrected chi connectivity index (χ1v) is 9.64. The highest BCUT2D eigenvalue weighted by Gasteiger charge is 2.35. The van der Waals surface area contributed by atoms with Crippen molar-refractivity contribution in [2.75, 3.05) is 6.54 Å². The monoisotopic (exact) mass is 416 g/mol. The second-order valence-corrected chi connectivity index (χ2v) is 7.24. The molecule has 9 heteroatoms. The van der Waals surface area contributed by atoms with E-state index in [9.17, 15) is 18.0 Å². The van der Waals surface area contributed by atoms with Crippen molar-refractivity contribution in [2.24, 2.45) is 0 Å². The Kier molecular flexibility index (Phi) is 5.06. The van der Waals surface area contributed by atoms with Gasteiger partial charge in [-0.05, 0) is 29.5 Å². The molecule has 0 aliphatic carbocycles. The van der Waals surface area contributed by atoms with Crippen LogP contribution in [0.5, 0.6) is 0 Å². The normalized spacial score (nSPS) is 11.7. The van der Waals surface area contributed by atoms with E-state index in [4.69, 9.17) is 0 Å². The number of aromatic nitrogens is 3. The number of thiophene rings is 1. The van der Waals surface area contributed by atoms with E-state index in [1.165, 1.54) is 17.4 Å². The molecule has 4 aromatic rings. The zero-order valence-electron chi connectivity index (χ0n) is 15.0. The number of halogens is 3. The van der Waals surface area contributed by atoms with Gasteiger partial charge >= 0.3 is 6.18 Å². The summed E-state index contributed by atoms with van der Waals surface area (Å²) in [6.07, 6.45) is -4.03. The van der Waals surface area contributed by atoms with Gasteiger partial charge in [0.15, 0.2) is 17.0 Å². The molecule has 3 aromatic heterocycles. The van der Waals surface area contributed by atoms with E-state index in [-0.39, 0.29) is 17.0 Å². The van der Waals surface area contributed by atoms with Crippen LogP contribution in [-0.2, 0) is 12.6 Å². The van der Waals surface area contributed by atoms with Gasteiger partial charge in [0.05, 0.1) is 10.6 Å². The lowest BCUT2D eigenvalue weighted by atomic mass is 10.1. The summed E-state index contributed by atoms with van der Waals surface area (Å²) in [5.74, 6) is -0.544. The highest BCUT2D eigenvalue weighted by Crippen LogP contribution is 2.33. The van der Waals surface area contributed by atoms with Gasteiger partial charge in [-0.3, -0.25) is 4.79 Å². The van der Waals surface area contributed by atoms with Gasteiger partial charge in [0.2, 0.25) is 0 Å². The maximum Gasteiger partial charge on any atom is 0.433 e. The lowest BCUT2D eigenvalue weighted by Crippen LogP contribution is -2.26. The predicted octanol–water partition coefficient (Wildman–Crippen LogP) is 4.45. The fourth-order valence-corrected chi connectivity index (χ4v) is 3.58. The zero-order valence-corrected chi connectivity index (χ0v) is 15.8. The number of fused-ring (bicyclic) bond motifs is 1. The number of alkyl halides is 3. The number of hydrogen-bond acceptors (Lipinski definition) is 4. The molecule has 0 bridgehead atoms. The van der Waals surface area contributed by atoms with E-state index in [2.05, 4.69) is 15.4 Å². The Morgan fingerprint density at radius 3 is 2.59 bits per heavy atom. The Morgan fingerprint density at radius 2 is 1.90 bits per heavy atom. The molecule has 3 heterocycles. The smallest absolute Gasteiger partial charge is 0.350 e. The Bertz CT molecular complexity index is 1140.